The molecule has 1 fully saturated rings. The standard InChI is InChI=1S/C15H26N2O2/c1-5-6-12(4)14(18)16-13-7-9-17(10-8-13)15(19)11(2)3/h6,11,13H,5,7-10H2,1-4H3,(H,16,18)/b12-6-. The number of carbonyl (C=O) groups is 2. The van der Waals surface area contributed by atoms with E-state index in [2.05, 4.69) is 5.32 Å². The maximum absolute atomic E-state index is 11.9. The molecule has 0 saturated carbocycles. The molecule has 0 unspecified atom stereocenters. The summed E-state index contributed by atoms with van der Waals surface area (Å²) in [5.41, 5.74) is 0.781. The fraction of sp³-hybridized carbons (Fsp3) is 0.733. The van der Waals surface area contributed by atoms with Gasteiger partial charge < -0.3 is 10.2 Å². The Bertz CT molecular complexity index is 353. The van der Waals surface area contributed by atoms with E-state index in [0.29, 0.717) is 0 Å². The average molecular weight is 266 g/mol. The molecule has 1 aliphatic rings. The molecule has 0 spiro atoms. The van der Waals surface area contributed by atoms with Gasteiger partial charge in [-0.15, -0.1) is 0 Å². The minimum atomic E-state index is 0.0236. The summed E-state index contributed by atoms with van der Waals surface area (Å²) >= 11 is 0. The second-order valence-electron chi connectivity index (χ2n) is 5.52. The molecule has 1 saturated heterocycles. The molecule has 1 N–H and O–H groups in total. The molecule has 0 aromatic carbocycles. The van der Waals surface area contributed by atoms with E-state index >= 15 is 0 Å². The van der Waals surface area contributed by atoms with Gasteiger partial charge in [-0.1, -0.05) is 26.8 Å². The number of nitrogens with one attached hydrogen (secondary N) is 1. The second kappa shape index (κ2) is 7.31. The number of likely N-dealkylation sites (tertiary alicyclic amines) is 1. The lowest BCUT2D eigenvalue weighted by Crippen LogP contribution is -2.47. The van der Waals surface area contributed by atoms with Gasteiger partial charge in [0.1, 0.15) is 0 Å². The summed E-state index contributed by atoms with van der Waals surface area (Å²) in [4.78, 5) is 25.6. The highest BCUT2D eigenvalue weighted by atomic mass is 16.2. The Hall–Kier alpha value is -1.32. The Morgan fingerprint density at radius 2 is 1.89 bits per heavy atom. The number of amides is 2. The number of hydrogen-bond donors (Lipinski definition) is 1. The molecule has 0 atom stereocenters. The van der Waals surface area contributed by atoms with E-state index in [0.717, 1.165) is 37.9 Å². The molecule has 0 aromatic heterocycles. The molecular formula is C15H26N2O2. The molecule has 1 rings (SSSR count). The van der Waals surface area contributed by atoms with Crippen molar-refractivity contribution in [3.05, 3.63) is 11.6 Å². The summed E-state index contributed by atoms with van der Waals surface area (Å²) in [5.74, 6) is 0.295. The van der Waals surface area contributed by atoms with Crippen molar-refractivity contribution in [3.63, 3.8) is 0 Å². The van der Waals surface area contributed by atoms with Crippen LogP contribution < -0.4 is 5.32 Å². The summed E-state index contributed by atoms with van der Waals surface area (Å²) in [6, 6.07) is 0.198. The lowest BCUT2D eigenvalue weighted by atomic mass is 10.0. The Labute approximate surface area is 116 Å². The van der Waals surface area contributed by atoms with E-state index in [1.807, 2.05) is 38.7 Å². The van der Waals surface area contributed by atoms with E-state index in [1.54, 1.807) is 0 Å². The molecule has 2 amide bonds. The smallest absolute Gasteiger partial charge is 0.246 e. The first kappa shape index (κ1) is 15.7. The van der Waals surface area contributed by atoms with Gasteiger partial charge in [0.2, 0.25) is 11.8 Å². The molecule has 0 aliphatic carbocycles. The van der Waals surface area contributed by atoms with Crippen molar-refractivity contribution in [1.29, 1.82) is 0 Å². The Kier molecular flexibility index (Phi) is 6.06. The number of allylic oxidation sites excluding steroid dienone is 1. The molecular weight excluding hydrogens is 240 g/mol. The van der Waals surface area contributed by atoms with Crippen LogP contribution in [0.3, 0.4) is 0 Å². The normalized spacial score (nSPS) is 17.7. The number of carbonyl (C=O) groups excluding carboxylic acids is 2. The molecule has 0 radical (unpaired) electrons. The third-order valence-corrected chi connectivity index (χ3v) is 3.50. The monoisotopic (exact) mass is 266 g/mol. The van der Waals surface area contributed by atoms with Crippen LogP contribution in [0.25, 0.3) is 0 Å². The van der Waals surface area contributed by atoms with E-state index in [-0.39, 0.29) is 23.8 Å². The van der Waals surface area contributed by atoms with Crippen LogP contribution >= 0.6 is 0 Å². The highest BCUT2D eigenvalue weighted by Crippen LogP contribution is 2.13. The molecule has 0 aromatic rings. The van der Waals surface area contributed by atoms with Crippen LogP contribution in [0.5, 0.6) is 0 Å². The van der Waals surface area contributed by atoms with Gasteiger partial charge in [0.15, 0.2) is 0 Å². The van der Waals surface area contributed by atoms with Crippen LogP contribution in [0, 0.1) is 5.92 Å². The largest absolute Gasteiger partial charge is 0.349 e. The quantitative estimate of drug-likeness (QED) is 0.792. The van der Waals surface area contributed by atoms with Gasteiger partial charge in [-0.3, -0.25) is 9.59 Å². The van der Waals surface area contributed by atoms with E-state index in [4.69, 9.17) is 0 Å². The second-order valence-corrected chi connectivity index (χ2v) is 5.52. The fourth-order valence-corrected chi connectivity index (χ4v) is 2.31. The van der Waals surface area contributed by atoms with Gasteiger partial charge in [-0.2, -0.15) is 0 Å². The van der Waals surface area contributed by atoms with Gasteiger partial charge in [0.05, 0.1) is 0 Å². The molecule has 0 bridgehead atoms. The van der Waals surface area contributed by atoms with Crippen LogP contribution in [0.2, 0.25) is 0 Å². The van der Waals surface area contributed by atoms with E-state index in [9.17, 15) is 9.59 Å². The van der Waals surface area contributed by atoms with Crippen molar-refractivity contribution in [2.45, 2.75) is 53.0 Å². The lowest BCUT2D eigenvalue weighted by molar-refractivity contribution is -0.135. The topological polar surface area (TPSA) is 49.4 Å². The SMILES string of the molecule is CC/C=C(/C)C(=O)NC1CCN(C(=O)C(C)C)CC1. The van der Waals surface area contributed by atoms with Gasteiger partial charge in [0.25, 0.3) is 0 Å². The third-order valence-electron chi connectivity index (χ3n) is 3.50. The Morgan fingerprint density at radius 3 is 2.37 bits per heavy atom. The Balaban J connectivity index is 2.40. The van der Waals surface area contributed by atoms with Gasteiger partial charge in [-0.25, -0.2) is 0 Å². The maximum Gasteiger partial charge on any atom is 0.246 e. The number of hydrogen-bond acceptors (Lipinski definition) is 2. The lowest BCUT2D eigenvalue weighted by Gasteiger charge is -2.33. The van der Waals surface area contributed by atoms with Gasteiger partial charge in [0, 0.05) is 30.6 Å². The summed E-state index contributed by atoms with van der Waals surface area (Å²) < 4.78 is 0. The zero-order valence-corrected chi connectivity index (χ0v) is 12.5. The van der Waals surface area contributed by atoms with Gasteiger partial charge >= 0.3 is 0 Å². The maximum atomic E-state index is 11.9. The third kappa shape index (κ3) is 4.69. The van der Waals surface area contributed by atoms with Crippen LogP contribution in [0.4, 0.5) is 0 Å². The number of rotatable bonds is 4. The summed E-state index contributed by atoms with van der Waals surface area (Å²) in [6.45, 7) is 9.21. The highest BCUT2D eigenvalue weighted by Gasteiger charge is 2.25. The molecule has 1 aliphatic heterocycles. The van der Waals surface area contributed by atoms with Crippen molar-refractivity contribution < 1.29 is 9.59 Å². The summed E-state index contributed by atoms with van der Waals surface area (Å²) in [7, 11) is 0. The zero-order chi connectivity index (χ0) is 14.4. The van der Waals surface area contributed by atoms with Crippen LogP contribution in [-0.4, -0.2) is 35.8 Å². The van der Waals surface area contributed by atoms with Crippen molar-refractivity contribution in [2.24, 2.45) is 5.92 Å². The summed E-state index contributed by atoms with van der Waals surface area (Å²) in [6.07, 6.45) is 4.51. The zero-order valence-electron chi connectivity index (χ0n) is 12.5. The first-order chi connectivity index (χ1) is 8.95. The molecule has 1 heterocycles. The van der Waals surface area contributed by atoms with Crippen LogP contribution in [-0.2, 0) is 9.59 Å². The average Bonchev–Trinajstić information content (AvgIpc) is 2.38. The fourth-order valence-electron chi connectivity index (χ4n) is 2.31. The van der Waals surface area contributed by atoms with Crippen molar-refractivity contribution >= 4 is 11.8 Å². The predicted octanol–water partition coefficient (Wildman–Crippen LogP) is 2.11. The predicted molar refractivity (Wildman–Crippen MR) is 76.6 cm³/mol. The summed E-state index contributed by atoms with van der Waals surface area (Å²) in [5, 5.41) is 3.05. The molecule has 108 valence electrons. The first-order valence-electron chi connectivity index (χ1n) is 7.22. The van der Waals surface area contributed by atoms with Gasteiger partial charge in [-0.05, 0) is 26.2 Å². The molecule has 4 nitrogen and oxygen atoms in total. The van der Waals surface area contributed by atoms with E-state index < -0.39 is 0 Å². The van der Waals surface area contributed by atoms with E-state index in [1.165, 1.54) is 0 Å². The van der Waals surface area contributed by atoms with Crippen LogP contribution in [0.15, 0.2) is 11.6 Å². The Morgan fingerprint density at radius 1 is 1.32 bits per heavy atom. The molecule has 4 heteroatoms. The minimum Gasteiger partial charge on any atom is -0.349 e. The number of piperidine rings is 1. The van der Waals surface area contributed by atoms with Crippen molar-refractivity contribution in [2.75, 3.05) is 13.1 Å². The van der Waals surface area contributed by atoms with Crippen molar-refractivity contribution in [3.8, 4) is 0 Å². The number of nitrogens with zero attached hydrogens (tertiary/aromatic N) is 1. The highest BCUT2D eigenvalue weighted by molar-refractivity contribution is 5.92. The molecule has 19 heavy (non-hydrogen) atoms. The minimum absolute atomic E-state index is 0.0236. The van der Waals surface area contributed by atoms with Crippen LogP contribution in [0.1, 0.15) is 47.0 Å². The van der Waals surface area contributed by atoms with Crippen molar-refractivity contribution in [1.82, 2.24) is 10.2 Å². The first-order valence-corrected chi connectivity index (χ1v) is 7.22.